The Morgan fingerprint density at radius 3 is 2.67 bits per heavy atom. The number of carbonyl (C=O) groups is 1. The van der Waals surface area contributed by atoms with Crippen molar-refractivity contribution in [1.29, 1.82) is 0 Å². The van der Waals surface area contributed by atoms with Crippen molar-refractivity contribution >= 4 is 11.6 Å². The quantitative estimate of drug-likeness (QED) is 0.851. The summed E-state index contributed by atoms with van der Waals surface area (Å²) in [5.41, 5.74) is 6.79. The largest absolute Gasteiger partial charge is 0.494 e. The van der Waals surface area contributed by atoms with Crippen LogP contribution in [0.4, 0.5) is 14.5 Å². The third-order valence-electron chi connectivity index (χ3n) is 2.93. The summed E-state index contributed by atoms with van der Waals surface area (Å²) in [6.45, 7) is 0.0635. The van der Waals surface area contributed by atoms with Crippen molar-refractivity contribution in [3.8, 4) is 5.75 Å². The molecular formula is C15H14F2N2O2. The molecule has 21 heavy (non-hydrogen) atoms. The van der Waals surface area contributed by atoms with Crippen LogP contribution in [0, 0.1) is 11.6 Å². The second-order valence-electron chi connectivity index (χ2n) is 4.36. The smallest absolute Gasteiger partial charge is 0.255 e. The predicted molar refractivity (Wildman–Crippen MR) is 74.9 cm³/mol. The van der Waals surface area contributed by atoms with E-state index in [2.05, 4.69) is 5.32 Å². The molecule has 0 aliphatic carbocycles. The highest BCUT2D eigenvalue weighted by Gasteiger charge is 2.14. The Morgan fingerprint density at radius 2 is 2.00 bits per heavy atom. The molecule has 6 heteroatoms. The zero-order valence-electron chi connectivity index (χ0n) is 11.3. The molecule has 0 spiro atoms. The van der Waals surface area contributed by atoms with Gasteiger partial charge in [0.05, 0.1) is 18.4 Å². The number of nitrogen functional groups attached to an aromatic ring is 1. The van der Waals surface area contributed by atoms with Crippen LogP contribution in [0.25, 0.3) is 0 Å². The molecule has 2 aromatic carbocycles. The molecule has 0 saturated carbocycles. The van der Waals surface area contributed by atoms with Crippen LogP contribution < -0.4 is 15.8 Å². The number of anilines is 1. The Balaban J connectivity index is 2.12. The number of hydrogen-bond acceptors (Lipinski definition) is 3. The fourth-order valence-corrected chi connectivity index (χ4v) is 1.89. The normalized spacial score (nSPS) is 10.2. The first-order valence-corrected chi connectivity index (χ1v) is 6.17. The first-order chi connectivity index (χ1) is 10.0. The van der Waals surface area contributed by atoms with E-state index in [1.165, 1.54) is 13.2 Å². The summed E-state index contributed by atoms with van der Waals surface area (Å²) < 4.78 is 31.0. The van der Waals surface area contributed by atoms with E-state index < -0.39 is 17.5 Å². The van der Waals surface area contributed by atoms with E-state index in [1.807, 2.05) is 0 Å². The van der Waals surface area contributed by atoms with Gasteiger partial charge >= 0.3 is 0 Å². The van der Waals surface area contributed by atoms with E-state index >= 15 is 0 Å². The van der Waals surface area contributed by atoms with Crippen LogP contribution in [0.3, 0.4) is 0 Å². The van der Waals surface area contributed by atoms with Crippen molar-refractivity contribution < 1.29 is 18.3 Å². The molecule has 0 aromatic heterocycles. The molecule has 4 nitrogen and oxygen atoms in total. The van der Waals surface area contributed by atoms with Gasteiger partial charge in [-0.3, -0.25) is 4.79 Å². The minimum Gasteiger partial charge on any atom is -0.494 e. The molecule has 0 radical (unpaired) electrons. The predicted octanol–water partition coefficient (Wildman–Crippen LogP) is 2.49. The van der Waals surface area contributed by atoms with E-state index in [0.717, 1.165) is 12.1 Å². The van der Waals surface area contributed by atoms with Gasteiger partial charge in [-0.15, -0.1) is 0 Å². The lowest BCUT2D eigenvalue weighted by Gasteiger charge is -2.11. The maximum atomic E-state index is 13.1. The molecule has 2 aromatic rings. The molecule has 1 amide bonds. The fraction of sp³-hybridized carbons (Fsp3) is 0.133. The van der Waals surface area contributed by atoms with Crippen molar-refractivity contribution in [3.63, 3.8) is 0 Å². The first kappa shape index (κ1) is 14.8. The summed E-state index contributed by atoms with van der Waals surface area (Å²) >= 11 is 0. The van der Waals surface area contributed by atoms with Gasteiger partial charge < -0.3 is 15.8 Å². The molecule has 0 heterocycles. The molecule has 0 aliphatic heterocycles. The molecular weight excluding hydrogens is 278 g/mol. The average molecular weight is 292 g/mol. The minimum absolute atomic E-state index is 0.0635. The number of amides is 1. The average Bonchev–Trinajstić information content (AvgIpc) is 2.48. The lowest BCUT2D eigenvalue weighted by atomic mass is 10.1. The third kappa shape index (κ3) is 3.28. The van der Waals surface area contributed by atoms with Crippen LogP contribution in [0.1, 0.15) is 15.9 Å². The van der Waals surface area contributed by atoms with E-state index in [0.29, 0.717) is 11.3 Å². The Hall–Kier alpha value is -2.63. The SMILES string of the molecule is COc1c(N)cccc1C(=O)NCc1ccc(F)c(F)c1. The number of para-hydroxylation sites is 1. The molecule has 0 unspecified atom stereocenters. The molecule has 0 aliphatic rings. The number of hydrogen-bond donors (Lipinski definition) is 2. The number of carbonyl (C=O) groups excluding carboxylic acids is 1. The summed E-state index contributed by atoms with van der Waals surface area (Å²) in [6.07, 6.45) is 0. The van der Waals surface area contributed by atoms with Crippen LogP contribution in [-0.2, 0) is 6.54 Å². The molecule has 0 saturated heterocycles. The Kier molecular flexibility index (Phi) is 4.37. The van der Waals surface area contributed by atoms with Crippen molar-refractivity contribution in [2.75, 3.05) is 12.8 Å². The highest BCUT2D eigenvalue weighted by atomic mass is 19.2. The van der Waals surface area contributed by atoms with Gasteiger partial charge in [-0.1, -0.05) is 12.1 Å². The number of nitrogens with one attached hydrogen (secondary N) is 1. The number of rotatable bonds is 4. The van der Waals surface area contributed by atoms with E-state index in [1.54, 1.807) is 18.2 Å². The number of ether oxygens (including phenoxy) is 1. The maximum absolute atomic E-state index is 13.1. The fourth-order valence-electron chi connectivity index (χ4n) is 1.89. The van der Waals surface area contributed by atoms with Gasteiger partial charge in [0.2, 0.25) is 0 Å². The first-order valence-electron chi connectivity index (χ1n) is 6.17. The molecule has 3 N–H and O–H groups in total. The van der Waals surface area contributed by atoms with E-state index in [-0.39, 0.29) is 17.9 Å². The van der Waals surface area contributed by atoms with Gasteiger partial charge in [0.15, 0.2) is 17.4 Å². The Labute approximate surface area is 120 Å². The van der Waals surface area contributed by atoms with Crippen molar-refractivity contribution in [3.05, 3.63) is 59.2 Å². The molecule has 0 fully saturated rings. The number of methoxy groups -OCH3 is 1. The number of benzene rings is 2. The lowest BCUT2D eigenvalue weighted by Crippen LogP contribution is -2.23. The number of halogens is 2. The van der Waals surface area contributed by atoms with Crippen molar-refractivity contribution in [2.24, 2.45) is 0 Å². The minimum atomic E-state index is -0.955. The molecule has 110 valence electrons. The summed E-state index contributed by atoms with van der Waals surface area (Å²) in [6, 6.07) is 8.25. The number of nitrogens with two attached hydrogens (primary N) is 1. The van der Waals surface area contributed by atoms with Crippen molar-refractivity contribution in [1.82, 2.24) is 5.32 Å². The second-order valence-corrected chi connectivity index (χ2v) is 4.36. The van der Waals surface area contributed by atoms with Gasteiger partial charge in [0.1, 0.15) is 0 Å². The van der Waals surface area contributed by atoms with Crippen LogP contribution in [-0.4, -0.2) is 13.0 Å². The monoisotopic (exact) mass is 292 g/mol. The highest BCUT2D eigenvalue weighted by molar-refractivity contribution is 5.98. The highest BCUT2D eigenvalue weighted by Crippen LogP contribution is 2.25. The van der Waals surface area contributed by atoms with Gasteiger partial charge in [-0.25, -0.2) is 8.78 Å². The van der Waals surface area contributed by atoms with Gasteiger partial charge in [0.25, 0.3) is 5.91 Å². The van der Waals surface area contributed by atoms with E-state index in [4.69, 9.17) is 10.5 Å². The molecule has 2 rings (SSSR count). The molecule has 0 atom stereocenters. The van der Waals surface area contributed by atoms with E-state index in [9.17, 15) is 13.6 Å². The summed E-state index contributed by atoms with van der Waals surface area (Å²) in [5.74, 6) is -2.02. The van der Waals surface area contributed by atoms with Gasteiger partial charge in [-0.05, 0) is 29.8 Å². The summed E-state index contributed by atoms with van der Waals surface area (Å²) in [7, 11) is 1.41. The summed E-state index contributed by atoms with van der Waals surface area (Å²) in [4.78, 5) is 12.1. The second kappa shape index (κ2) is 6.21. The van der Waals surface area contributed by atoms with Gasteiger partial charge in [0, 0.05) is 6.54 Å². The van der Waals surface area contributed by atoms with Crippen LogP contribution >= 0.6 is 0 Å². The summed E-state index contributed by atoms with van der Waals surface area (Å²) in [5, 5.41) is 2.60. The van der Waals surface area contributed by atoms with Crippen molar-refractivity contribution in [2.45, 2.75) is 6.54 Å². The van der Waals surface area contributed by atoms with Crippen LogP contribution in [0.2, 0.25) is 0 Å². The van der Waals surface area contributed by atoms with Gasteiger partial charge in [-0.2, -0.15) is 0 Å². The zero-order chi connectivity index (χ0) is 15.4. The third-order valence-corrected chi connectivity index (χ3v) is 2.93. The lowest BCUT2D eigenvalue weighted by molar-refractivity contribution is 0.0948. The maximum Gasteiger partial charge on any atom is 0.255 e. The Morgan fingerprint density at radius 1 is 1.24 bits per heavy atom. The molecule has 0 bridgehead atoms. The zero-order valence-corrected chi connectivity index (χ0v) is 11.3. The Bertz CT molecular complexity index is 675. The van der Waals surface area contributed by atoms with Crippen LogP contribution in [0.15, 0.2) is 36.4 Å². The topological polar surface area (TPSA) is 64.3 Å². The standard InChI is InChI=1S/C15H14F2N2O2/c1-21-14-10(3-2-4-13(14)18)15(20)19-8-9-5-6-11(16)12(17)7-9/h2-7H,8,18H2,1H3,(H,19,20). The van der Waals surface area contributed by atoms with Crippen LogP contribution in [0.5, 0.6) is 5.75 Å².